The largest absolute Gasteiger partial charge is 0.382 e. The number of aliphatic hydroxyl groups excluding tert-OH is 1. The second kappa shape index (κ2) is 5.97. The minimum atomic E-state index is -1.26. The summed E-state index contributed by atoms with van der Waals surface area (Å²) in [5.74, 6) is -0.714. The van der Waals surface area contributed by atoms with E-state index in [1.807, 2.05) is 0 Å². The van der Waals surface area contributed by atoms with E-state index in [-0.39, 0.29) is 17.9 Å². The first-order chi connectivity index (χ1) is 7.91. The van der Waals surface area contributed by atoms with Gasteiger partial charge in [-0.25, -0.2) is 0 Å². The van der Waals surface area contributed by atoms with Crippen molar-refractivity contribution in [3.63, 3.8) is 0 Å². The Balaban J connectivity index is 2.43. The molecule has 6 heteroatoms. The SMILES string of the molecule is CC(C)NC(=O)C(O)[C@@H](N)C[C@@H]1CCNC1=O. The first kappa shape index (κ1) is 13.9. The summed E-state index contributed by atoms with van der Waals surface area (Å²) in [5.41, 5.74) is 5.75. The van der Waals surface area contributed by atoms with Gasteiger partial charge in [0.25, 0.3) is 5.91 Å². The maximum atomic E-state index is 11.5. The van der Waals surface area contributed by atoms with Gasteiger partial charge in [0.2, 0.25) is 5.91 Å². The van der Waals surface area contributed by atoms with Crippen LogP contribution in [0.15, 0.2) is 0 Å². The van der Waals surface area contributed by atoms with E-state index in [4.69, 9.17) is 5.73 Å². The van der Waals surface area contributed by atoms with Gasteiger partial charge >= 0.3 is 0 Å². The van der Waals surface area contributed by atoms with Crippen molar-refractivity contribution >= 4 is 11.8 Å². The highest BCUT2D eigenvalue weighted by atomic mass is 16.3. The highest BCUT2D eigenvalue weighted by Crippen LogP contribution is 2.16. The molecule has 0 aromatic carbocycles. The summed E-state index contributed by atoms with van der Waals surface area (Å²) < 4.78 is 0. The van der Waals surface area contributed by atoms with Crippen LogP contribution >= 0.6 is 0 Å². The van der Waals surface area contributed by atoms with Gasteiger partial charge in [-0.2, -0.15) is 0 Å². The summed E-state index contributed by atoms with van der Waals surface area (Å²) in [6.07, 6.45) is -0.213. The normalized spacial score (nSPS) is 23.4. The molecule has 1 rings (SSSR count). The third-order valence-corrected chi connectivity index (χ3v) is 2.82. The molecule has 0 aromatic rings. The second-order valence-electron chi connectivity index (χ2n) is 4.78. The van der Waals surface area contributed by atoms with Crippen molar-refractivity contribution in [1.82, 2.24) is 10.6 Å². The van der Waals surface area contributed by atoms with Gasteiger partial charge in [0.1, 0.15) is 6.10 Å². The Morgan fingerprint density at radius 2 is 2.29 bits per heavy atom. The van der Waals surface area contributed by atoms with Gasteiger partial charge in [-0.1, -0.05) is 0 Å². The molecular formula is C11H21N3O3. The quantitative estimate of drug-likeness (QED) is 0.483. The molecule has 2 amide bonds. The number of nitrogens with two attached hydrogens (primary N) is 1. The topological polar surface area (TPSA) is 104 Å². The summed E-state index contributed by atoms with van der Waals surface area (Å²) >= 11 is 0. The van der Waals surface area contributed by atoms with Crippen LogP contribution in [0.4, 0.5) is 0 Å². The average molecular weight is 243 g/mol. The molecule has 1 saturated heterocycles. The molecule has 1 fully saturated rings. The fourth-order valence-electron chi connectivity index (χ4n) is 1.89. The summed E-state index contributed by atoms with van der Waals surface area (Å²) in [5, 5.41) is 15.0. The standard InChI is InChI=1S/C11H21N3O3/c1-6(2)14-11(17)9(15)8(12)5-7-3-4-13-10(7)16/h6-9,15H,3-5,12H2,1-2H3,(H,13,16)(H,14,17)/t7-,8-,9?/m0/s1. The fraction of sp³-hybridized carbons (Fsp3) is 0.818. The number of hydrogen-bond donors (Lipinski definition) is 4. The lowest BCUT2D eigenvalue weighted by Gasteiger charge is -2.21. The molecular weight excluding hydrogens is 222 g/mol. The molecule has 1 aliphatic heterocycles. The van der Waals surface area contributed by atoms with Crippen molar-refractivity contribution in [3.8, 4) is 0 Å². The molecule has 98 valence electrons. The van der Waals surface area contributed by atoms with Crippen LogP contribution in [0.3, 0.4) is 0 Å². The van der Waals surface area contributed by atoms with Gasteiger partial charge in [0.05, 0.1) is 0 Å². The lowest BCUT2D eigenvalue weighted by atomic mass is 9.95. The van der Waals surface area contributed by atoms with Crippen LogP contribution in [0.1, 0.15) is 26.7 Å². The van der Waals surface area contributed by atoms with Gasteiger partial charge < -0.3 is 21.5 Å². The summed E-state index contributed by atoms with van der Waals surface area (Å²) in [6, 6.07) is -0.748. The number of rotatable bonds is 5. The van der Waals surface area contributed by atoms with E-state index in [9.17, 15) is 14.7 Å². The summed E-state index contributed by atoms with van der Waals surface area (Å²) in [4.78, 5) is 22.8. The van der Waals surface area contributed by atoms with Crippen LogP contribution in [0.25, 0.3) is 0 Å². The Kier molecular flexibility index (Phi) is 4.89. The number of aliphatic hydroxyl groups is 1. The van der Waals surface area contributed by atoms with Crippen LogP contribution in [0.5, 0.6) is 0 Å². The van der Waals surface area contributed by atoms with Gasteiger partial charge in [-0.05, 0) is 26.7 Å². The van der Waals surface area contributed by atoms with Crippen molar-refractivity contribution in [3.05, 3.63) is 0 Å². The predicted octanol–water partition coefficient (Wildman–Crippen LogP) is -1.27. The minimum absolute atomic E-state index is 0.0425. The number of nitrogens with one attached hydrogen (secondary N) is 2. The maximum Gasteiger partial charge on any atom is 0.250 e. The zero-order valence-electron chi connectivity index (χ0n) is 10.3. The molecule has 0 aliphatic carbocycles. The monoisotopic (exact) mass is 243 g/mol. The minimum Gasteiger partial charge on any atom is -0.382 e. The molecule has 0 radical (unpaired) electrons. The second-order valence-corrected chi connectivity index (χ2v) is 4.78. The molecule has 0 spiro atoms. The number of amides is 2. The van der Waals surface area contributed by atoms with Gasteiger partial charge in [-0.3, -0.25) is 9.59 Å². The first-order valence-corrected chi connectivity index (χ1v) is 5.93. The van der Waals surface area contributed by atoms with Gasteiger partial charge in [0, 0.05) is 24.5 Å². The Labute approximate surface area is 101 Å². The highest BCUT2D eigenvalue weighted by Gasteiger charge is 2.31. The number of hydrogen-bond acceptors (Lipinski definition) is 4. The fourth-order valence-corrected chi connectivity index (χ4v) is 1.89. The van der Waals surface area contributed by atoms with E-state index >= 15 is 0 Å². The van der Waals surface area contributed by atoms with E-state index in [2.05, 4.69) is 10.6 Å². The maximum absolute atomic E-state index is 11.5. The Hall–Kier alpha value is -1.14. The Bertz CT molecular complexity index is 294. The van der Waals surface area contributed by atoms with E-state index < -0.39 is 18.1 Å². The lowest BCUT2D eigenvalue weighted by molar-refractivity contribution is -0.132. The lowest BCUT2D eigenvalue weighted by Crippen LogP contribution is -2.49. The van der Waals surface area contributed by atoms with Crippen LogP contribution in [0.2, 0.25) is 0 Å². The molecule has 1 heterocycles. The van der Waals surface area contributed by atoms with Crippen LogP contribution in [0, 0.1) is 5.92 Å². The molecule has 0 saturated carbocycles. The van der Waals surface area contributed by atoms with Gasteiger partial charge in [0.15, 0.2) is 0 Å². The molecule has 0 bridgehead atoms. The number of carbonyl (C=O) groups is 2. The van der Waals surface area contributed by atoms with Gasteiger partial charge in [-0.15, -0.1) is 0 Å². The third-order valence-electron chi connectivity index (χ3n) is 2.82. The highest BCUT2D eigenvalue weighted by molar-refractivity contribution is 5.82. The van der Waals surface area contributed by atoms with E-state index in [1.165, 1.54) is 0 Å². The summed E-state index contributed by atoms with van der Waals surface area (Å²) in [7, 11) is 0. The van der Waals surface area contributed by atoms with Crippen molar-refractivity contribution < 1.29 is 14.7 Å². The first-order valence-electron chi connectivity index (χ1n) is 5.93. The van der Waals surface area contributed by atoms with Crippen molar-refractivity contribution in [2.75, 3.05) is 6.54 Å². The zero-order valence-corrected chi connectivity index (χ0v) is 10.3. The van der Waals surface area contributed by atoms with Crippen molar-refractivity contribution in [2.45, 2.75) is 44.9 Å². The average Bonchev–Trinajstić information content (AvgIpc) is 2.62. The van der Waals surface area contributed by atoms with Crippen molar-refractivity contribution in [2.24, 2.45) is 11.7 Å². The van der Waals surface area contributed by atoms with Crippen molar-refractivity contribution in [1.29, 1.82) is 0 Å². The molecule has 0 aromatic heterocycles. The molecule has 17 heavy (non-hydrogen) atoms. The Morgan fingerprint density at radius 3 is 2.76 bits per heavy atom. The third kappa shape index (κ3) is 3.98. The molecule has 3 atom stereocenters. The molecule has 1 unspecified atom stereocenters. The predicted molar refractivity (Wildman–Crippen MR) is 63.0 cm³/mol. The van der Waals surface area contributed by atoms with Crippen LogP contribution in [-0.4, -0.2) is 41.7 Å². The van der Waals surface area contributed by atoms with E-state index in [0.717, 1.165) is 0 Å². The van der Waals surface area contributed by atoms with E-state index in [1.54, 1.807) is 13.8 Å². The van der Waals surface area contributed by atoms with E-state index in [0.29, 0.717) is 19.4 Å². The Morgan fingerprint density at radius 1 is 1.65 bits per heavy atom. The summed E-state index contributed by atoms with van der Waals surface area (Å²) in [6.45, 7) is 4.26. The van der Waals surface area contributed by atoms with Crippen LogP contribution in [-0.2, 0) is 9.59 Å². The van der Waals surface area contributed by atoms with Crippen LogP contribution < -0.4 is 16.4 Å². The number of carbonyl (C=O) groups excluding carboxylic acids is 2. The smallest absolute Gasteiger partial charge is 0.250 e. The molecule has 6 nitrogen and oxygen atoms in total. The molecule has 1 aliphatic rings. The zero-order chi connectivity index (χ0) is 13.0. The molecule has 5 N–H and O–H groups in total.